The molecule has 0 saturated heterocycles. The Kier molecular flexibility index (Phi) is 3.76. The first kappa shape index (κ1) is 16.5. The van der Waals surface area contributed by atoms with Crippen LogP contribution in [0.5, 0.6) is 17.2 Å². The topological polar surface area (TPSA) is 30.9 Å². The Morgan fingerprint density at radius 1 is 0.815 bits per heavy atom. The molecular formula is C23H23NO3. The second-order valence-corrected chi connectivity index (χ2v) is 7.25. The number of hydrogen-bond donors (Lipinski definition) is 0. The fourth-order valence-corrected chi connectivity index (χ4v) is 4.63. The third-order valence-electron chi connectivity index (χ3n) is 6.00. The third kappa shape index (κ3) is 2.40. The molecule has 0 saturated carbocycles. The summed E-state index contributed by atoms with van der Waals surface area (Å²) in [5.74, 6) is 2.40. The highest BCUT2D eigenvalue weighted by molar-refractivity contribution is 6.12. The molecule has 0 aromatic heterocycles. The van der Waals surface area contributed by atoms with Crippen molar-refractivity contribution >= 4 is 21.5 Å². The van der Waals surface area contributed by atoms with Crippen molar-refractivity contribution in [3.8, 4) is 17.2 Å². The summed E-state index contributed by atoms with van der Waals surface area (Å²) in [6, 6.07) is 11.1. The van der Waals surface area contributed by atoms with Crippen LogP contribution in [-0.4, -0.2) is 38.8 Å². The lowest BCUT2D eigenvalue weighted by molar-refractivity contribution is 0.247. The summed E-state index contributed by atoms with van der Waals surface area (Å²) in [4.78, 5) is 2.54. The van der Waals surface area contributed by atoms with Gasteiger partial charge in [-0.25, -0.2) is 0 Å². The average Bonchev–Trinajstić information content (AvgIpc) is 3.18. The monoisotopic (exact) mass is 361 g/mol. The molecule has 3 aromatic carbocycles. The van der Waals surface area contributed by atoms with Crippen LogP contribution in [0.15, 0.2) is 42.5 Å². The molecule has 2 aliphatic heterocycles. The molecule has 0 spiro atoms. The lowest BCUT2D eigenvalue weighted by Gasteiger charge is -2.33. The van der Waals surface area contributed by atoms with Gasteiger partial charge in [0.05, 0.1) is 21.3 Å². The van der Waals surface area contributed by atoms with Crippen LogP contribution in [0.3, 0.4) is 0 Å². The van der Waals surface area contributed by atoms with Crippen molar-refractivity contribution in [1.82, 2.24) is 4.90 Å². The van der Waals surface area contributed by atoms with Crippen LogP contribution in [0, 0.1) is 0 Å². The van der Waals surface area contributed by atoms with Gasteiger partial charge < -0.3 is 14.2 Å². The van der Waals surface area contributed by atoms with E-state index in [9.17, 15) is 0 Å². The van der Waals surface area contributed by atoms with Gasteiger partial charge in [-0.15, -0.1) is 0 Å². The lowest BCUT2D eigenvalue weighted by Crippen LogP contribution is -2.35. The van der Waals surface area contributed by atoms with Crippen molar-refractivity contribution in [2.75, 3.05) is 27.9 Å². The molecule has 2 heterocycles. The summed E-state index contributed by atoms with van der Waals surface area (Å²) in [6.45, 7) is 2.01. The van der Waals surface area contributed by atoms with Crippen LogP contribution < -0.4 is 14.2 Å². The van der Waals surface area contributed by atoms with Gasteiger partial charge in [-0.2, -0.15) is 0 Å². The van der Waals surface area contributed by atoms with Crippen molar-refractivity contribution in [2.24, 2.45) is 0 Å². The maximum absolute atomic E-state index is 5.60. The summed E-state index contributed by atoms with van der Waals surface area (Å²) in [5, 5.41) is 4.95. The molecule has 138 valence electrons. The van der Waals surface area contributed by atoms with Gasteiger partial charge in [0.2, 0.25) is 0 Å². The minimum absolute atomic E-state index is 0.490. The largest absolute Gasteiger partial charge is 0.497 e. The third-order valence-corrected chi connectivity index (χ3v) is 6.00. The van der Waals surface area contributed by atoms with Gasteiger partial charge in [-0.05, 0) is 63.4 Å². The summed E-state index contributed by atoms with van der Waals surface area (Å²) in [5.41, 5.74) is 2.85. The van der Waals surface area contributed by atoms with E-state index in [0.717, 1.165) is 36.8 Å². The zero-order valence-electron chi connectivity index (χ0n) is 15.9. The minimum atomic E-state index is 0.490. The van der Waals surface area contributed by atoms with Crippen LogP contribution in [0.25, 0.3) is 21.5 Å². The Morgan fingerprint density at radius 3 is 2.30 bits per heavy atom. The standard InChI is InChI=1S/C23H23NO3/c1-25-15-6-7-16-18(10-15)20-12-23(27-3)22(26-2)11-19(20)17-9-14-5-4-8-24(14)13-21(16)17/h4-7,10-12,14H,8-9,13H2,1-3H3. The highest BCUT2D eigenvalue weighted by Crippen LogP contribution is 2.43. The van der Waals surface area contributed by atoms with Gasteiger partial charge in [-0.3, -0.25) is 4.90 Å². The molecule has 0 aliphatic carbocycles. The molecule has 3 aromatic rings. The van der Waals surface area contributed by atoms with Crippen molar-refractivity contribution in [1.29, 1.82) is 0 Å². The van der Waals surface area contributed by atoms with Crippen LogP contribution in [-0.2, 0) is 13.0 Å². The van der Waals surface area contributed by atoms with Gasteiger partial charge in [-0.1, -0.05) is 18.2 Å². The molecule has 4 heteroatoms. The minimum Gasteiger partial charge on any atom is -0.497 e. The van der Waals surface area contributed by atoms with E-state index in [-0.39, 0.29) is 0 Å². The first-order valence-electron chi connectivity index (χ1n) is 9.31. The highest BCUT2D eigenvalue weighted by Gasteiger charge is 2.30. The van der Waals surface area contributed by atoms with E-state index >= 15 is 0 Å². The van der Waals surface area contributed by atoms with Gasteiger partial charge in [0, 0.05) is 19.1 Å². The maximum atomic E-state index is 5.60. The number of benzene rings is 3. The van der Waals surface area contributed by atoms with Crippen LogP contribution in [0.1, 0.15) is 11.1 Å². The number of ether oxygens (including phenoxy) is 3. The number of fused-ring (bicyclic) bond motifs is 7. The molecule has 0 N–H and O–H groups in total. The molecule has 0 amide bonds. The van der Waals surface area contributed by atoms with Crippen molar-refractivity contribution in [3.63, 3.8) is 0 Å². The Morgan fingerprint density at radius 2 is 1.56 bits per heavy atom. The van der Waals surface area contributed by atoms with Crippen molar-refractivity contribution < 1.29 is 14.2 Å². The van der Waals surface area contributed by atoms with E-state index in [1.54, 1.807) is 21.3 Å². The second kappa shape index (κ2) is 6.17. The van der Waals surface area contributed by atoms with Gasteiger partial charge in [0.1, 0.15) is 5.75 Å². The quantitative estimate of drug-likeness (QED) is 0.514. The van der Waals surface area contributed by atoms with E-state index in [2.05, 4.69) is 47.4 Å². The molecule has 2 aliphatic rings. The van der Waals surface area contributed by atoms with Crippen LogP contribution in [0.4, 0.5) is 0 Å². The highest BCUT2D eigenvalue weighted by atomic mass is 16.5. The van der Waals surface area contributed by atoms with Crippen LogP contribution in [0.2, 0.25) is 0 Å². The Hall–Kier alpha value is -2.72. The number of hydrogen-bond acceptors (Lipinski definition) is 4. The molecule has 0 fully saturated rings. The van der Waals surface area contributed by atoms with Gasteiger partial charge in [0.25, 0.3) is 0 Å². The molecule has 5 rings (SSSR count). The normalized spacial score (nSPS) is 18.6. The molecule has 27 heavy (non-hydrogen) atoms. The zero-order valence-corrected chi connectivity index (χ0v) is 15.9. The predicted molar refractivity (Wildman–Crippen MR) is 108 cm³/mol. The second-order valence-electron chi connectivity index (χ2n) is 7.25. The Labute approximate surface area is 158 Å². The number of rotatable bonds is 3. The van der Waals surface area contributed by atoms with E-state index in [1.807, 2.05) is 0 Å². The number of methoxy groups -OCH3 is 3. The zero-order chi connectivity index (χ0) is 18.5. The van der Waals surface area contributed by atoms with E-state index < -0.39 is 0 Å². The first-order valence-corrected chi connectivity index (χ1v) is 9.31. The fraction of sp³-hybridized carbons (Fsp3) is 0.304. The molecular weight excluding hydrogens is 338 g/mol. The predicted octanol–water partition coefficient (Wildman–Crippen LogP) is 4.32. The van der Waals surface area contributed by atoms with E-state index in [0.29, 0.717) is 6.04 Å². The smallest absolute Gasteiger partial charge is 0.161 e. The van der Waals surface area contributed by atoms with E-state index in [1.165, 1.54) is 32.7 Å². The lowest BCUT2D eigenvalue weighted by atomic mass is 9.85. The summed E-state index contributed by atoms with van der Waals surface area (Å²) >= 11 is 0. The molecule has 0 radical (unpaired) electrons. The van der Waals surface area contributed by atoms with Crippen molar-refractivity contribution in [3.05, 3.63) is 53.6 Å². The summed E-state index contributed by atoms with van der Waals surface area (Å²) in [7, 11) is 5.10. The van der Waals surface area contributed by atoms with Crippen LogP contribution >= 0.6 is 0 Å². The average molecular weight is 361 g/mol. The fourth-order valence-electron chi connectivity index (χ4n) is 4.63. The SMILES string of the molecule is COc1ccc2c3c(c4cc(OC)c(OC)cc4c2c1)CC1C=CCN1C3. The molecule has 4 nitrogen and oxygen atoms in total. The Bertz CT molecular complexity index is 1090. The van der Waals surface area contributed by atoms with Gasteiger partial charge >= 0.3 is 0 Å². The van der Waals surface area contributed by atoms with E-state index in [4.69, 9.17) is 14.2 Å². The first-order chi connectivity index (χ1) is 13.2. The Balaban J connectivity index is 1.89. The summed E-state index contributed by atoms with van der Waals surface area (Å²) < 4.78 is 16.7. The maximum Gasteiger partial charge on any atom is 0.161 e. The van der Waals surface area contributed by atoms with Gasteiger partial charge in [0.15, 0.2) is 11.5 Å². The van der Waals surface area contributed by atoms with Crippen molar-refractivity contribution in [2.45, 2.75) is 19.0 Å². The molecule has 1 atom stereocenters. The molecule has 1 unspecified atom stereocenters. The summed E-state index contributed by atoms with van der Waals surface area (Å²) in [6.07, 6.45) is 5.65. The number of nitrogens with zero attached hydrogens (tertiary/aromatic N) is 1. The molecule has 0 bridgehead atoms.